The van der Waals surface area contributed by atoms with E-state index >= 15 is 0 Å². The van der Waals surface area contributed by atoms with Crippen LogP contribution in [0.4, 0.5) is 5.69 Å². The molecule has 78 valence electrons. The average Bonchev–Trinajstić information content (AvgIpc) is 2.07. The van der Waals surface area contributed by atoms with E-state index in [-0.39, 0.29) is 16.8 Å². The van der Waals surface area contributed by atoms with Gasteiger partial charge in [-0.2, -0.15) is 0 Å². The Morgan fingerprint density at radius 1 is 1.14 bits per heavy atom. The zero-order valence-electron chi connectivity index (χ0n) is 8.11. The summed E-state index contributed by atoms with van der Waals surface area (Å²) in [5.41, 5.74) is 0.115. The Morgan fingerprint density at radius 3 is 2.07 bits per heavy atom. The molecule has 0 aliphatic rings. The third-order valence-electron chi connectivity index (χ3n) is 1.93. The van der Waals surface area contributed by atoms with Gasteiger partial charge in [0.2, 0.25) is 0 Å². The third kappa shape index (κ3) is 2.46. The summed E-state index contributed by atoms with van der Waals surface area (Å²) < 4.78 is 0. The maximum Gasteiger partial charge on any atom is 0.138 e. The maximum absolute atomic E-state index is 9.62. The molecule has 14 heavy (non-hydrogen) atoms. The summed E-state index contributed by atoms with van der Waals surface area (Å²) in [6.07, 6.45) is 0. The number of hydrogen-bond acceptors (Lipinski definition) is 2. The molecule has 0 spiro atoms. The number of phenolic OH excluding ortho intramolecular Hbond substituents is 1. The zero-order valence-corrected chi connectivity index (χ0v) is 9.63. The lowest BCUT2D eigenvalue weighted by Crippen LogP contribution is -2.34. The fraction of sp³-hybridized carbons (Fsp3) is 0.400. The molecule has 0 saturated carbocycles. The first-order valence-corrected chi connectivity index (χ1v) is 5.25. The van der Waals surface area contributed by atoms with Crippen molar-refractivity contribution in [2.45, 2.75) is 24.8 Å². The summed E-state index contributed by atoms with van der Waals surface area (Å²) >= 11 is 12.0. The Labute approximate surface area is 94.1 Å². The van der Waals surface area contributed by atoms with Crippen LogP contribution in [0.15, 0.2) is 24.3 Å². The van der Waals surface area contributed by atoms with E-state index in [9.17, 15) is 5.11 Å². The van der Waals surface area contributed by atoms with Gasteiger partial charge in [0.1, 0.15) is 16.8 Å². The van der Waals surface area contributed by atoms with Crippen LogP contribution in [-0.2, 0) is 0 Å². The monoisotopic (exact) mass is 233 g/mol. The van der Waals surface area contributed by atoms with Gasteiger partial charge in [-0.3, -0.25) is 0 Å². The van der Waals surface area contributed by atoms with Gasteiger partial charge in [-0.25, -0.2) is 0 Å². The van der Waals surface area contributed by atoms with Gasteiger partial charge in [0.05, 0.1) is 5.69 Å². The molecular weight excluding hydrogens is 221 g/mol. The number of aromatic hydroxyl groups is 1. The van der Waals surface area contributed by atoms with Gasteiger partial charge in [-0.15, -0.1) is 0 Å². The summed E-state index contributed by atoms with van der Waals surface area (Å²) in [5, 5.41) is 9.62. The van der Waals surface area contributed by atoms with Crippen LogP contribution in [0.2, 0.25) is 0 Å². The molecule has 0 fully saturated rings. The number of halogens is 2. The molecule has 0 saturated heterocycles. The fourth-order valence-corrected chi connectivity index (χ4v) is 1.95. The van der Waals surface area contributed by atoms with Crippen LogP contribution in [0, 0.1) is 0 Å². The summed E-state index contributed by atoms with van der Waals surface area (Å²) in [5.74, 6) is 0.188. The first-order chi connectivity index (χ1) is 6.54. The van der Waals surface area contributed by atoms with Gasteiger partial charge in [-0.05, 0) is 26.0 Å². The van der Waals surface area contributed by atoms with E-state index < -0.39 is 0 Å². The van der Waals surface area contributed by atoms with Gasteiger partial charge < -0.3 is 10.0 Å². The van der Waals surface area contributed by atoms with Crippen molar-refractivity contribution in [3.05, 3.63) is 24.3 Å². The van der Waals surface area contributed by atoms with Crippen LogP contribution < -0.4 is 4.90 Å². The standard InChI is InChI=1S/C10H13Cl2NO/c1-7(11)13(8(2)12)9-5-3-4-6-10(9)14/h3-8,14H,1-2H3. The Kier molecular flexibility index (Phi) is 3.90. The first kappa shape index (κ1) is 11.5. The number of nitrogens with zero attached hydrogens (tertiary/aromatic N) is 1. The topological polar surface area (TPSA) is 23.5 Å². The molecule has 0 heterocycles. The molecule has 0 radical (unpaired) electrons. The Bertz CT molecular complexity index is 294. The van der Waals surface area contributed by atoms with Gasteiger partial charge in [0, 0.05) is 0 Å². The maximum atomic E-state index is 9.62. The molecule has 1 aromatic carbocycles. The van der Waals surface area contributed by atoms with Crippen LogP contribution in [0.5, 0.6) is 5.75 Å². The van der Waals surface area contributed by atoms with E-state index in [0.717, 1.165) is 0 Å². The minimum absolute atomic E-state index is 0.188. The molecule has 2 nitrogen and oxygen atoms in total. The van der Waals surface area contributed by atoms with Gasteiger partial charge in [0.15, 0.2) is 0 Å². The van der Waals surface area contributed by atoms with Crippen molar-refractivity contribution < 1.29 is 5.11 Å². The molecular formula is C10H13Cl2NO. The largest absolute Gasteiger partial charge is 0.506 e. The summed E-state index contributed by atoms with van der Waals surface area (Å²) in [4.78, 5) is 1.73. The number of alkyl halides is 2. The van der Waals surface area contributed by atoms with Crippen molar-refractivity contribution in [3.63, 3.8) is 0 Å². The van der Waals surface area contributed by atoms with E-state index in [4.69, 9.17) is 23.2 Å². The van der Waals surface area contributed by atoms with E-state index in [1.165, 1.54) is 0 Å². The lowest BCUT2D eigenvalue weighted by atomic mass is 10.2. The molecule has 1 N–H and O–H groups in total. The molecule has 0 aliphatic carbocycles. The normalized spacial score (nSPS) is 14.9. The first-order valence-electron chi connectivity index (χ1n) is 4.38. The Morgan fingerprint density at radius 2 is 1.64 bits per heavy atom. The van der Waals surface area contributed by atoms with E-state index in [0.29, 0.717) is 5.69 Å². The summed E-state index contributed by atoms with van der Waals surface area (Å²) in [6.45, 7) is 3.62. The van der Waals surface area contributed by atoms with Crippen molar-refractivity contribution in [3.8, 4) is 5.75 Å². The highest BCUT2D eigenvalue weighted by molar-refractivity contribution is 6.25. The number of anilines is 1. The minimum atomic E-state index is -0.268. The number of para-hydroxylation sites is 2. The van der Waals surface area contributed by atoms with E-state index in [1.807, 2.05) is 19.9 Å². The smallest absolute Gasteiger partial charge is 0.138 e. The second-order valence-electron chi connectivity index (χ2n) is 3.04. The molecule has 0 amide bonds. The number of benzene rings is 1. The van der Waals surface area contributed by atoms with E-state index in [1.54, 1.807) is 23.1 Å². The Balaban J connectivity index is 3.05. The van der Waals surface area contributed by atoms with Crippen molar-refractivity contribution >= 4 is 28.9 Å². The number of rotatable bonds is 3. The predicted molar refractivity (Wildman–Crippen MR) is 61.2 cm³/mol. The number of phenols is 1. The van der Waals surface area contributed by atoms with Crippen LogP contribution in [0.25, 0.3) is 0 Å². The highest BCUT2D eigenvalue weighted by Crippen LogP contribution is 2.31. The molecule has 0 aliphatic heterocycles. The van der Waals surface area contributed by atoms with Crippen LogP contribution in [-0.4, -0.2) is 16.1 Å². The second-order valence-corrected chi connectivity index (χ2v) is 4.31. The van der Waals surface area contributed by atoms with Crippen molar-refractivity contribution in [2.75, 3.05) is 4.90 Å². The van der Waals surface area contributed by atoms with Crippen molar-refractivity contribution in [2.24, 2.45) is 0 Å². The molecule has 0 bridgehead atoms. The highest BCUT2D eigenvalue weighted by Gasteiger charge is 2.19. The SMILES string of the molecule is CC(Cl)N(c1ccccc1O)C(C)Cl. The number of hydrogen-bond donors (Lipinski definition) is 1. The van der Waals surface area contributed by atoms with Gasteiger partial charge in [-0.1, -0.05) is 35.3 Å². The van der Waals surface area contributed by atoms with Crippen molar-refractivity contribution in [1.29, 1.82) is 0 Å². The molecule has 0 aromatic heterocycles. The third-order valence-corrected chi connectivity index (χ3v) is 2.35. The molecule has 1 aromatic rings. The van der Waals surface area contributed by atoms with Crippen LogP contribution in [0.1, 0.15) is 13.8 Å². The molecule has 2 unspecified atom stereocenters. The quantitative estimate of drug-likeness (QED) is 0.640. The summed E-state index contributed by atoms with van der Waals surface area (Å²) in [7, 11) is 0. The van der Waals surface area contributed by atoms with Crippen molar-refractivity contribution in [1.82, 2.24) is 0 Å². The zero-order chi connectivity index (χ0) is 10.7. The molecule has 1 rings (SSSR count). The Hall–Kier alpha value is -0.600. The lowest BCUT2D eigenvalue weighted by Gasteiger charge is -2.30. The highest BCUT2D eigenvalue weighted by atomic mass is 35.5. The van der Waals surface area contributed by atoms with Crippen LogP contribution >= 0.6 is 23.2 Å². The van der Waals surface area contributed by atoms with Crippen LogP contribution in [0.3, 0.4) is 0 Å². The van der Waals surface area contributed by atoms with Gasteiger partial charge >= 0.3 is 0 Å². The minimum Gasteiger partial charge on any atom is -0.506 e. The average molecular weight is 234 g/mol. The van der Waals surface area contributed by atoms with E-state index in [2.05, 4.69) is 0 Å². The predicted octanol–water partition coefficient (Wildman–Crippen LogP) is 3.37. The molecule has 4 heteroatoms. The second kappa shape index (κ2) is 4.76. The van der Waals surface area contributed by atoms with Gasteiger partial charge in [0.25, 0.3) is 0 Å². The fourth-order valence-electron chi connectivity index (χ4n) is 1.35. The summed E-state index contributed by atoms with van der Waals surface area (Å²) in [6, 6.07) is 6.99. The lowest BCUT2D eigenvalue weighted by molar-refractivity contribution is 0.473. The molecule has 2 atom stereocenters.